The van der Waals surface area contributed by atoms with E-state index in [1.807, 2.05) is 30.4 Å². The molecule has 142 valence electrons. The Morgan fingerprint density at radius 2 is 1.50 bits per heavy atom. The van der Waals surface area contributed by atoms with E-state index >= 15 is 4.39 Å². The fraction of sp³-hybridized carbons (Fsp3) is 0.600. The van der Waals surface area contributed by atoms with Gasteiger partial charge in [0.1, 0.15) is 5.67 Å². The lowest BCUT2D eigenvalue weighted by Gasteiger charge is -2.31. The molecule has 1 aromatic rings. The molecule has 1 saturated carbocycles. The number of halogens is 1. The molecule has 0 heterocycles. The average Bonchev–Trinajstić information content (AvgIpc) is 2.69. The van der Waals surface area contributed by atoms with Crippen LogP contribution in [0.15, 0.2) is 54.6 Å². The summed E-state index contributed by atoms with van der Waals surface area (Å²) in [7, 11) is 0. The second-order valence-electron chi connectivity index (χ2n) is 8.50. The van der Waals surface area contributed by atoms with E-state index in [0.29, 0.717) is 6.42 Å². The van der Waals surface area contributed by atoms with Gasteiger partial charge in [-0.05, 0) is 42.4 Å². The van der Waals surface area contributed by atoms with Gasteiger partial charge in [-0.15, -0.1) is 0 Å². The van der Waals surface area contributed by atoms with Crippen LogP contribution in [0, 0.1) is 11.8 Å². The molecule has 0 aliphatic heterocycles. The molecule has 1 heteroatoms. The maximum Gasteiger partial charge on any atom is 0.147 e. The second kappa shape index (κ2) is 9.53. The van der Waals surface area contributed by atoms with E-state index in [-0.39, 0.29) is 5.92 Å². The zero-order valence-corrected chi connectivity index (χ0v) is 16.4. The number of hydrogen-bond donors (Lipinski definition) is 0. The summed E-state index contributed by atoms with van der Waals surface area (Å²) in [5.74, 6) is 1.90. The van der Waals surface area contributed by atoms with Gasteiger partial charge in [-0.25, -0.2) is 4.39 Å². The molecule has 0 saturated heterocycles. The third-order valence-electron chi connectivity index (χ3n) is 6.46. The van der Waals surface area contributed by atoms with Crippen LogP contribution in [0.25, 0.3) is 0 Å². The summed E-state index contributed by atoms with van der Waals surface area (Å²) in [5.41, 5.74) is 0.00642. The van der Waals surface area contributed by atoms with Crippen LogP contribution in [0.2, 0.25) is 0 Å². The Morgan fingerprint density at radius 3 is 2.12 bits per heavy atom. The Morgan fingerprint density at radius 1 is 0.885 bits per heavy atom. The van der Waals surface area contributed by atoms with Crippen molar-refractivity contribution < 1.29 is 4.39 Å². The quantitative estimate of drug-likeness (QED) is 0.330. The van der Waals surface area contributed by atoms with E-state index in [9.17, 15) is 0 Å². The van der Waals surface area contributed by atoms with E-state index < -0.39 is 5.67 Å². The molecule has 0 amide bonds. The molecule has 0 N–H and O–H groups in total. The van der Waals surface area contributed by atoms with Crippen molar-refractivity contribution in [2.24, 2.45) is 11.8 Å². The summed E-state index contributed by atoms with van der Waals surface area (Å²) in [6.45, 7) is 2.28. The topological polar surface area (TPSA) is 0 Å². The molecule has 2 aliphatic carbocycles. The lowest BCUT2D eigenvalue weighted by Crippen LogP contribution is -2.22. The molecular weight excluding hydrogens is 319 g/mol. The molecule has 1 fully saturated rings. The molecule has 2 aliphatic rings. The average molecular weight is 355 g/mol. The summed E-state index contributed by atoms with van der Waals surface area (Å²) in [4.78, 5) is 0. The molecule has 0 bridgehead atoms. The Hall–Kier alpha value is -1.37. The van der Waals surface area contributed by atoms with Crippen LogP contribution in [-0.2, 0) is 0 Å². The first kappa shape index (κ1) is 19.4. The van der Waals surface area contributed by atoms with Crippen molar-refractivity contribution in [1.29, 1.82) is 0 Å². The molecule has 0 aromatic heterocycles. The van der Waals surface area contributed by atoms with Crippen LogP contribution in [-0.4, -0.2) is 5.67 Å². The summed E-state index contributed by atoms with van der Waals surface area (Å²) in [6.07, 6.45) is 20.3. The normalized spacial score (nSPS) is 31.2. The van der Waals surface area contributed by atoms with Gasteiger partial charge < -0.3 is 0 Å². The van der Waals surface area contributed by atoms with Crippen LogP contribution in [0.4, 0.5) is 4.39 Å². The van der Waals surface area contributed by atoms with Crippen molar-refractivity contribution in [3.8, 4) is 0 Å². The monoisotopic (exact) mass is 354 g/mol. The van der Waals surface area contributed by atoms with E-state index in [1.54, 1.807) is 12.2 Å². The van der Waals surface area contributed by atoms with Crippen LogP contribution in [0.1, 0.15) is 82.6 Å². The van der Waals surface area contributed by atoms with Crippen molar-refractivity contribution >= 4 is 0 Å². The third-order valence-corrected chi connectivity index (χ3v) is 6.46. The minimum atomic E-state index is -1.23. The van der Waals surface area contributed by atoms with Gasteiger partial charge in [-0.1, -0.05) is 101 Å². The Kier molecular flexibility index (Phi) is 7.11. The SMILES string of the molecule is CCCCCC1CCC(CCC2(F)C=CC(c3ccccc3)C=C2)CC1. The van der Waals surface area contributed by atoms with Gasteiger partial charge in [0.25, 0.3) is 0 Å². The van der Waals surface area contributed by atoms with Gasteiger partial charge in [0.2, 0.25) is 0 Å². The number of allylic oxidation sites excluding steroid dienone is 4. The van der Waals surface area contributed by atoms with Crippen molar-refractivity contribution in [3.05, 3.63) is 60.2 Å². The molecule has 0 nitrogen and oxygen atoms in total. The van der Waals surface area contributed by atoms with Gasteiger partial charge >= 0.3 is 0 Å². The molecule has 26 heavy (non-hydrogen) atoms. The van der Waals surface area contributed by atoms with Crippen LogP contribution < -0.4 is 0 Å². The summed E-state index contributed by atoms with van der Waals surface area (Å²) in [5, 5.41) is 0. The largest absolute Gasteiger partial charge is 0.235 e. The Bertz CT molecular complexity index is 563. The van der Waals surface area contributed by atoms with Gasteiger partial charge in [0, 0.05) is 5.92 Å². The van der Waals surface area contributed by atoms with Crippen molar-refractivity contribution in [2.75, 3.05) is 0 Å². The lowest BCUT2D eigenvalue weighted by atomic mass is 9.76. The predicted molar refractivity (Wildman–Crippen MR) is 110 cm³/mol. The molecule has 0 unspecified atom stereocenters. The molecule has 0 spiro atoms. The highest BCUT2D eigenvalue weighted by atomic mass is 19.1. The highest BCUT2D eigenvalue weighted by molar-refractivity contribution is 5.35. The number of hydrogen-bond acceptors (Lipinski definition) is 0. The first-order chi connectivity index (χ1) is 12.7. The van der Waals surface area contributed by atoms with Crippen LogP contribution in [0.5, 0.6) is 0 Å². The fourth-order valence-corrected chi connectivity index (χ4v) is 4.63. The Labute approximate surface area is 159 Å². The zero-order valence-electron chi connectivity index (χ0n) is 16.4. The number of unbranched alkanes of at least 4 members (excludes halogenated alkanes) is 2. The third kappa shape index (κ3) is 5.56. The zero-order chi connectivity index (χ0) is 18.2. The van der Waals surface area contributed by atoms with E-state index in [1.165, 1.54) is 56.9 Å². The predicted octanol–water partition coefficient (Wildman–Crippen LogP) is 7.77. The lowest BCUT2D eigenvalue weighted by molar-refractivity contribution is 0.207. The summed E-state index contributed by atoms with van der Waals surface area (Å²) in [6, 6.07) is 10.4. The fourth-order valence-electron chi connectivity index (χ4n) is 4.63. The molecule has 0 radical (unpaired) electrons. The van der Waals surface area contributed by atoms with Gasteiger partial charge in [0.05, 0.1) is 0 Å². The Balaban J connectivity index is 1.41. The van der Waals surface area contributed by atoms with Gasteiger partial charge in [-0.2, -0.15) is 0 Å². The standard InChI is InChI=1S/C25H35F/c1-2-3-5-8-21-11-13-22(14-12-21)15-18-25(26)19-16-24(17-20-25)23-9-6-4-7-10-23/h4,6-7,9-10,16-17,19-22,24H,2-3,5,8,11-15,18H2,1H3. The van der Waals surface area contributed by atoms with Crippen molar-refractivity contribution in [1.82, 2.24) is 0 Å². The first-order valence-electron chi connectivity index (χ1n) is 10.8. The number of alkyl halides is 1. The van der Waals surface area contributed by atoms with Gasteiger partial charge in [-0.3, -0.25) is 0 Å². The smallest absolute Gasteiger partial charge is 0.147 e. The maximum absolute atomic E-state index is 15.1. The summed E-state index contributed by atoms with van der Waals surface area (Å²) >= 11 is 0. The molecule has 1 aromatic carbocycles. The maximum atomic E-state index is 15.1. The minimum absolute atomic E-state index is 0.221. The van der Waals surface area contributed by atoms with E-state index in [0.717, 1.165) is 18.3 Å². The second-order valence-corrected chi connectivity index (χ2v) is 8.50. The number of rotatable bonds is 8. The van der Waals surface area contributed by atoms with E-state index in [2.05, 4.69) is 19.1 Å². The van der Waals surface area contributed by atoms with E-state index in [4.69, 9.17) is 0 Å². The molecule has 0 atom stereocenters. The molecule has 3 rings (SSSR count). The highest BCUT2D eigenvalue weighted by Gasteiger charge is 2.29. The highest BCUT2D eigenvalue weighted by Crippen LogP contribution is 2.38. The van der Waals surface area contributed by atoms with Gasteiger partial charge in [0.15, 0.2) is 0 Å². The minimum Gasteiger partial charge on any atom is -0.235 e. The summed E-state index contributed by atoms with van der Waals surface area (Å²) < 4.78 is 15.1. The van der Waals surface area contributed by atoms with Crippen LogP contribution >= 0.6 is 0 Å². The molecular formula is C25H35F. The first-order valence-corrected chi connectivity index (χ1v) is 10.8. The number of benzene rings is 1. The van der Waals surface area contributed by atoms with Crippen molar-refractivity contribution in [2.45, 2.75) is 82.7 Å². The van der Waals surface area contributed by atoms with Crippen molar-refractivity contribution in [3.63, 3.8) is 0 Å². The van der Waals surface area contributed by atoms with Crippen LogP contribution in [0.3, 0.4) is 0 Å².